The van der Waals surface area contributed by atoms with Gasteiger partial charge in [0.05, 0.1) is 4.88 Å². The zero-order valence-electron chi connectivity index (χ0n) is 13.5. The van der Waals surface area contributed by atoms with Gasteiger partial charge < -0.3 is 5.32 Å². The third kappa shape index (κ3) is 4.00. The summed E-state index contributed by atoms with van der Waals surface area (Å²) in [6.45, 7) is 1.98. The van der Waals surface area contributed by atoms with E-state index in [-0.39, 0.29) is 12.5 Å². The lowest BCUT2D eigenvalue weighted by Gasteiger charge is -2.18. The highest BCUT2D eigenvalue weighted by Gasteiger charge is 2.30. The van der Waals surface area contributed by atoms with Gasteiger partial charge in [0.2, 0.25) is 0 Å². The van der Waals surface area contributed by atoms with Crippen molar-refractivity contribution in [1.29, 1.82) is 0 Å². The maximum Gasteiger partial charge on any atom is 0.261 e. The van der Waals surface area contributed by atoms with E-state index in [9.17, 15) is 13.2 Å². The predicted molar refractivity (Wildman–Crippen MR) is 102 cm³/mol. The fourth-order valence-corrected chi connectivity index (χ4v) is 5.94. The average molecular weight is 392 g/mol. The average Bonchev–Trinajstić information content (AvgIpc) is 3.30. The van der Waals surface area contributed by atoms with Crippen molar-refractivity contribution in [2.45, 2.75) is 16.4 Å². The largest absolute Gasteiger partial charge is 0.350 e. The van der Waals surface area contributed by atoms with E-state index in [4.69, 9.17) is 0 Å². The van der Waals surface area contributed by atoms with Crippen molar-refractivity contribution in [3.05, 3.63) is 75.3 Å². The molecule has 0 radical (unpaired) electrons. The highest BCUT2D eigenvalue weighted by atomic mass is 32.2. The van der Waals surface area contributed by atoms with Crippen LogP contribution >= 0.6 is 22.7 Å². The molecule has 0 unspecified atom stereocenters. The van der Waals surface area contributed by atoms with E-state index in [1.54, 1.807) is 29.6 Å². The lowest BCUT2D eigenvalue weighted by molar-refractivity contribution is 0.0957. The molecule has 3 aromatic rings. The van der Waals surface area contributed by atoms with Crippen LogP contribution in [0.5, 0.6) is 0 Å². The Morgan fingerprint density at radius 2 is 1.72 bits per heavy atom. The molecule has 0 aliphatic heterocycles. The first kappa shape index (κ1) is 17.8. The maximum absolute atomic E-state index is 13.0. The molecule has 0 aliphatic carbocycles. The Morgan fingerprint density at radius 1 is 1.04 bits per heavy atom. The van der Waals surface area contributed by atoms with E-state index in [2.05, 4.69) is 5.32 Å². The lowest BCUT2D eigenvalue weighted by atomic mass is 10.1. The highest BCUT2D eigenvalue weighted by Crippen LogP contribution is 2.31. The van der Waals surface area contributed by atoms with Gasteiger partial charge in [-0.15, -0.1) is 22.7 Å². The Labute approximate surface area is 155 Å². The number of nitrogens with one attached hydrogen (secondary N) is 1. The van der Waals surface area contributed by atoms with Crippen molar-refractivity contribution in [3.63, 3.8) is 0 Å². The minimum Gasteiger partial charge on any atom is -0.350 e. The Balaban J connectivity index is 1.89. The monoisotopic (exact) mass is 391 g/mol. The Kier molecular flexibility index (Phi) is 5.36. The summed E-state index contributed by atoms with van der Waals surface area (Å²) in [4.78, 5) is 12.8. The molecule has 3 rings (SSSR count). The molecule has 1 N–H and O–H groups in total. The topological polar surface area (TPSA) is 63.2 Å². The molecule has 7 heteroatoms. The Morgan fingerprint density at radius 3 is 2.32 bits per heavy atom. The third-order valence-corrected chi connectivity index (χ3v) is 8.19. The summed E-state index contributed by atoms with van der Waals surface area (Å²) in [5.41, 5.74) is 1.73. The molecule has 0 fully saturated rings. The summed E-state index contributed by atoms with van der Waals surface area (Å²) in [6, 6.07) is 14.2. The van der Waals surface area contributed by atoms with Gasteiger partial charge in [0, 0.05) is 6.54 Å². The number of amides is 1. The van der Waals surface area contributed by atoms with Gasteiger partial charge in [-0.1, -0.05) is 42.0 Å². The van der Waals surface area contributed by atoms with Crippen molar-refractivity contribution < 1.29 is 13.2 Å². The molecule has 2 heterocycles. The van der Waals surface area contributed by atoms with Crippen LogP contribution < -0.4 is 5.32 Å². The van der Waals surface area contributed by atoms with Crippen molar-refractivity contribution in [3.8, 4) is 0 Å². The molecule has 4 nitrogen and oxygen atoms in total. The molecule has 25 heavy (non-hydrogen) atoms. The third-order valence-electron chi connectivity index (χ3n) is 3.79. The SMILES string of the molecule is Cc1ccc([C@H](CNC(=O)c2cccs2)S(=O)(=O)c2cccs2)cc1. The van der Waals surface area contributed by atoms with Gasteiger partial charge in [-0.05, 0) is 35.4 Å². The van der Waals surface area contributed by atoms with Crippen molar-refractivity contribution >= 4 is 38.4 Å². The number of hydrogen-bond donors (Lipinski definition) is 1. The minimum absolute atomic E-state index is 0.0278. The second-order valence-corrected chi connectivity index (χ2v) is 9.82. The van der Waals surface area contributed by atoms with Crippen molar-refractivity contribution in [2.75, 3.05) is 6.54 Å². The molecule has 0 saturated carbocycles. The summed E-state index contributed by atoms with van der Waals surface area (Å²) in [7, 11) is -3.58. The van der Waals surface area contributed by atoms with Gasteiger partial charge in [0.1, 0.15) is 9.46 Å². The second kappa shape index (κ2) is 7.51. The molecule has 0 saturated heterocycles. The number of thiophene rings is 2. The first-order valence-corrected chi connectivity index (χ1v) is 10.9. The van der Waals surface area contributed by atoms with E-state index >= 15 is 0 Å². The molecule has 0 spiro atoms. The van der Waals surface area contributed by atoms with E-state index in [0.717, 1.165) is 5.56 Å². The first-order valence-electron chi connectivity index (χ1n) is 7.64. The molecule has 1 amide bonds. The maximum atomic E-state index is 13.0. The molecular formula is C18H17NO3S3. The quantitative estimate of drug-likeness (QED) is 0.689. The van der Waals surface area contributed by atoms with Gasteiger partial charge in [0.25, 0.3) is 5.91 Å². The number of aryl methyl sites for hydroxylation is 1. The molecule has 1 atom stereocenters. The van der Waals surface area contributed by atoms with Gasteiger partial charge in [-0.3, -0.25) is 4.79 Å². The van der Waals surface area contributed by atoms with Crippen LogP contribution in [0.15, 0.2) is 63.5 Å². The fraction of sp³-hybridized carbons (Fsp3) is 0.167. The minimum atomic E-state index is -3.58. The number of hydrogen-bond acceptors (Lipinski definition) is 5. The standard InChI is InChI=1S/C18H17NO3S3/c1-13-6-8-14(9-7-13)16(25(21,22)17-5-3-11-24-17)12-19-18(20)15-4-2-10-23-15/h2-11,16H,12H2,1H3,(H,19,20)/t16-/m0/s1. The van der Waals surface area contributed by atoms with Crippen molar-refractivity contribution in [2.24, 2.45) is 0 Å². The summed E-state index contributed by atoms with van der Waals surface area (Å²) in [5, 5.41) is 5.49. The summed E-state index contributed by atoms with van der Waals surface area (Å²) in [6.07, 6.45) is 0. The molecule has 2 aromatic heterocycles. The smallest absolute Gasteiger partial charge is 0.261 e. The molecule has 0 bridgehead atoms. The van der Waals surface area contributed by atoms with Crippen LogP contribution in [0, 0.1) is 6.92 Å². The van der Waals surface area contributed by atoms with Gasteiger partial charge in [-0.2, -0.15) is 0 Å². The second-order valence-electron chi connectivity index (χ2n) is 5.56. The van der Waals surface area contributed by atoms with Crippen LogP contribution in [0.3, 0.4) is 0 Å². The number of carbonyl (C=O) groups excluding carboxylic acids is 1. The van der Waals surface area contributed by atoms with Gasteiger partial charge in [-0.25, -0.2) is 8.42 Å². The first-order chi connectivity index (χ1) is 12.0. The normalized spacial score (nSPS) is 12.7. The van der Waals surface area contributed by atoms with Gasteiger partial charge >= 0.3 is 0 Å². The van der Waals surface area contributed by atoms with Crippen LogP contribution in [0.1, 0.15) is 26.0 Å². The zero-order chi connectivity index (χ0) is 17.9. The Hall–Kier alpha value is -1.96. The lowest BCUT2D eigenvalue weighted by Crippen LogP contribution is -2.31. The van der Waals surface area contributed by atoms with Crippen LogP contribution in [-0.2, 0) is 9.84 Å². The molecular weight excluding hydrogens is 374 g/mol. The van der Waals surface area contributed by atoms with E-state index in [1.165, 1.54) is 22.7 Å². The van der Waals surface area contributed by atoms with Crippen LogP contribution in [0.25, 0.3) is 0 Å². The summed E-state index contributed by atoms with van der Waals surface area (Å²) in [5.74, 6) is -0.256. The predicted octanol–water partition coefficient (Wildman–Crippen LogP) is 4.06. The number of rotatable bonds is 6. The molecule has 0 aliphatic rings. The number of benzene rings is 1. The Bertz CT molecular complexity index is 928. The molecule has 130 valence electrons. The van der Waals surface area contributed by atoms with Gasteiger partial charge in [0.15, 0.2) is 9.84 Å². The fourth-order valence-electron chi connectivity index (χ4n) is 2.43. The zero-order valence-corrected chi connectivity index (χ0v) is 16.0. The van der Waals surface area contributed by atoms with E-state index in [0.29, 0.717) is 14.6 Å². The summed E-state index contributed by atoms with van der Waals surface area (Å²) >= 11 is 2.52. The molecule has 1 aromatic carbocycles. The van der Waals surface area contributed by atoms with Crippen LogP contribution in [-0.4, -0.2) is 20.9 Å². The number of sulfone groups is 1. The van der Waals surface area contributed by atoms with Crippen molar-refractivity contribution in [1.82, 2.24) is 5.32 Å². The van der Waals surface area contributed by atoms with E-state index < -0.39 is 15.1 Å². The van der Waals surface area contributed by atoms with E-state index in [1.807, 2.05) is 36.6 Å². The number of carbonyl (C=O) groups is 1. The highest BCUT2D eigenvalue weighted by molar-refractivity contribution is 7.93. The van der Waals surface area contributed by atoms with Crippen LogP contribution in [0.4, 0.5) is 0 Å². The van der Waals surface area contributed by atoms with Crippen LogP contribution in [0.2, 0.25) is 0 Å². The summed E-state index contributed by atoms with van der Waals surface area (Å²) < 4.78 is 26.4.